The monoisotopic (exact) mass is 531 g/mol. The van der Waals surface area contributed by atoms with Crippen molar-refractivity contribution in [3.05, 3.63) is 90.6 Å². The molecule has 8 heteroatoms. The lowest BCUT2D eigenvalue weighted by atomic mass is 10.1. The standard InChI is InChI=1S/C29H17N5S3/c1-4-16-25(30-13-1)26-17(5-2-14-31-26)28-27(16)33-29(34-28)24-12-11-23(37-24)22-10-9-21(36-22)19-8-7-18(32-19)20-6-3-15-35-20/h1-15,32H,(H,33,34). The largest absolute Gasteiger partial charge is 0.353 e. The van der Waals surface area contributed by atoms with Gasteiger partial charge in [-0.15, -0.1) is 34.0 Å². The zero-order valence-corrected chi connectivity index (χ0v) is 21.7. The molecule has 37 heavy (non-hydrogen) atoms. The molecule has 0 fully saturated rings. The van der Waals surface area contributed by atoms with E-state index >= 15 is 0 Å². The second-order valence-corrected chi connectivity index (χ2v) is 11.8. The maximum Gasteiger partial charge on any atom is 0.148 e. The smallest absolute Gasteiger partial charge is 0.148 e. The number of aromatic nitrogens is 5. The molecule has 0 spiro atoms. The van der Waals surface area contributed by atoms with Crippen molar-refractivity contribution in [2.45, 2.75) is 0 Å². The number of imidazole rings is 1. The van der Waals surface area contributed by atoms with Gasteiger partial charge in [0.1, 0.15) is 5.82 Å². The zero-order chi connectivity index (χ0) is 24.3. The number of hydrogen-bond acceptors (Lipinski definition) is 6. The molecule has 0 saturated heterocycles. The highest BCUT2D eigenvalue weighted by Gasteiger charge is 2.17. The highest BCUT2D eigenvalue weighted by molar-refractivity contribution is 7.25. The van der Waals surface area contributed by atoms with E-state index in [9.17, 15) is 0 Å². The predicted molar refractivity (Wildman–Crippen MR) is 156 cm³/mol. The molecule has 0 radical (unpaired) electrons. The molecule has 0 saturated carbocycles. The van der Waals surface area contributed by atoms with Crippen molar-refractivity contribution >= 4 is 66.8 Å². The number of nitrogens with one attached hydrogen (secondary N) is 2. The molecule has 8 aromatic rings. The van der Waals surface area contributed by atoms with Gasteiger partial charge in [-0.2, -0.15) is 0 Å². The molecule has 0 bridgehead atoms. The molecule has 0 atom stereocenters. The molecule has 1 aromatic carbocycles. The van der Waals surface area contributed by atoms with Gasteiger partial charge in [0.25, 0.3) is 0 Å². The summed E-state index contributed by atoms with van der Waals surface area (Å²) >= 11 is 5.30. The van der Waals surface area contributed by atoms with E-state index in [2.05, 4.69) is 86.0 Å². The Morgan fingerprint density at radius 1 is 0.541 bits per heavy atom. The van der Waals surface area contributed by atoms with Crippen molar-refractivity contribution in [3.63, 3.8) is 0 Å². The van der Waals surface area contributed by atoms with Crippen LogP contribution in [-0.2, 0) is 0 Å². The van der Waals surface area contributed by atoms with Crippen LogP contribution >= 0.6 is 34.0 Å². The molecule has 7 aromatic heterocycles. The highest BCUT2D eigenvalue weighted by Crippen LogP contribution is 2.41. The average Bonchev–Trinajstić information content (AvgIpc) is 3.76. The van der Waals surface area contributed by atoms with Crippen molar-refractivity contribution in [1.29, 1.82) is 0 Å². The predicted octanol–water partition coefficient (Wildman–Crippen LogP) is 8.84. The third kappa shape index (κ3) is 3.37. The van der Waals surface area contributed by atoms with Crippen LogP contribution < -0.4 is 0 Å². The normalized spacial score (nSPS) is 11.8. The Morgan fingerprint density at radius 2 is 1.22 bits per heavy atom. The SMILES string of the molecule is c1csc(-c2ccc(-c3ccc(-c4ccc(-c5nc6c7cccnc7c7ncccc7c6[nH]5)s4)s3)[nH]2)c1. The number of H-pyrrole nitrogens is 2. The lowest BCUT2D eigenvalue weighted by Gasteiger charge is -2.03. The fraction of sp³-hybridized carbons (Fsp3) is 0. The van der Waals surface area contributed by atoms with Crippen LogP contribution in [0.3, 0.4) is 0 Å². The Morgan fingerprint density at radius 3 is 2.00 bits per heavy atom. The lowest BCUT2D eigenvalue weighted by molar-refractivity contribution is 1.36. The summed E-state index contributed by atoms with van der Waals surface area (Å²) in [5.74, 6) is 0.870. The molecule has 0 aliphatic heterocycles. The summed E-state index contributed by atoms with van der Waals surface area (Å²) < 4.78 is 0. The van der Waals surface area contributed by atoms with Gasteiger partial charge in [-0.1, -0.05) is 6.07 Å². The Labute approximate surface area is 223 Å². The van der Waals surface area contributed by atoms with E-state index in [1.165, 1.54) is 19.5 Å². The van der Waals surface area contributed by atoms with E-state index in [0.717, 1.165) is 54.9 Å². The van der Waals surface area contributed by atoms with Crippen LogP contribution in [0.15, 0.2) is 90.6 Å². The molecule has 0 unspecified atom stereocenters. The second kappa shape index (κ2) is 8.21. The number of thiophene rings is 3. The van der Waals surface area contributed by atoms with Gasteiger partial charge in [0.15, 0.2) is 0 Å². The van der Waals surface area contributed by atoms with E-state index in [1.54, 1.807) is 34.0 Å². The first kappa shape index (κ1) is 21.0. The van der Waals surface area contributed by atoms with Gasteiger partial charge in [0, 0.05) is 32.9 Å². The lowest BCUT2D eigenvalue weighted by Crippen LogP contribution is -1.86. The number of nitrogens with zero attached hydrogens (tertiary/aromatic N) is 3. The Kier molecular flexibility index (Phi) is 4.66. The van der Waals surface area contributed by atoms with E-state index in [-0.39, 0.29) is 0 Å². The quantitative estimate of drug-likeness (QED) is 0.223. The fourth-order valence-corrected chi connectivity index (χ4v) is 7.52. The van der Waals surface area contributed by atoms with E-state index in [1.807, 2.05) is 24.5 Å². The first-order valence-electron chi connectivity index (χ1n) is 11.8. The number of fused-ring (bicyclic) bond motifs is 6. The summed E-state index contributed by atoms with van der Waals surface area (Å²) in [4.78, 5) is 27.5. The van der Waals surface area contributed by atoms with Crippen molar-refractivity contribution in [2.24, 2.45) is 0 Å². The van der Waals surface area contributed by atoms with Crippen molar-refractivity contribution < 1.29 is 0 Å². The molecular formula is C29H17N5S3. The van der Waals surface area contributed by atoms with Crippen LogP contribution in [0.1, 0.15) is 0 Å². The van der Waals surface area contributed by atoms with E-state index in [0.29, 0.717) is 0 Å². The van der Waals surface area contributed by atoms with Crippen molar-refractivity contribution in [1.82, 2.24) is 24.9 Å². The van der Waals surface area contributed by atoms with Crippen LogP contribution in [-0.4, -0.2) is 24.9 Å². The van der Waals surface area contributed by atoms with Gasteiger partial charge in [0.05, 0.1) is 48.1 Å². The molecule has 2 N–H and O–H groups in total. The Hall–Kier alpha value is -4.11. The number of pyridine rings is 2. The van der Waals surface area contributed by atoms with Crippen LogP contribution in [0.25, 0.3) is 74.4 Å². The van der Waals surface area contributed by atoms with Gasteiger partial charge < -0.3 is 9.97 Å². The van der Waals surface area contributed by atoms with Crippen molar-refractivity contribution in [2.75, 3.05) is 0 Å². The average molecular weight is 532 g/mol. The van der Waals surface area contributed by atoms with Crippen LogP contribution in [0.5, 0.6) is 0 Å². The minimum absolute atomic E-state index is 0.870. The van der Waals surface area contributed by atoms with Gasteiger partial charge in [0.2, 0.25) is 0 Å². The van der Waals surface area contributed by atoms with Gasteiger partial charge in [-0.25, -0.2) is 4.98 Å². The highest BCUT2D eigenvalue weighted by atomic mass is 32.1. The summed E-state index contributed by atoms with van der Waals surface area (Å²) in [6.07, 6.45) is 3.63. The maximum atomic E-state index is 5.03. The summed E-state index contributed by atoms with van der Waals surface area (Å²) in [7, 11) is 0. The Bertz CT molecular complexity index is 1980. The molecule has 0 amide bonds. The first-order chi connectivity index (χ1) is 18.3. The summed E-state index contributed by atoms with van der Waals surface area (Å²) in [5, 5.41) is 4.16. The molecule has 0 aliphatic carbocycles. The number of rotatable bonds is 4. The second-order valence-electron chi connectivity index (χ2n) is 8.70. The molecule has 8 rings (SSSR count). The summed E-state index contributed by atoms with van der Waals surface area (Å²) in [6.45, 7) is 0. The zero-order valence-electron chi connectivity index (χ0n) is 19.2. The van der Waals surface area contributed by atoms with Gasteiger partial charge in [-0.3, -0.25) is 9.97 Å². The third-order valence-corrected chi connectivity index (χ3v) is 9.80. The third-order valence-electron chi connectivity index (χ3n) is 6.49. The minimum atomic E-state index is 0.870. The number of hydrogen-bond donors (Lipinski definition) is 2. The topological polar surface area (TPSA) is 70.2 Å². The van der Waals surface area contributed by atoms with E-state index < -0.39 is 0 Å². The maximum absolute atomic E-state index is 5.03. The summed E-state index contributed by atoms with van der Waals surface area (Å²) in [6, 6.07) is 25.4. The van der Waals surface area contributed by atoms with Crippen LogP contribution in [0, 0.1) is 0 Å². The van der Waals surface area contributed by atoms with Crippen LogP contribution in [0.2, 0.25) is 0 Å². The number of aromatic amines is 2. The molecule has 5 nitrogen and oxygen atoms in total. The molecule has 0 aliphatic rings. The molecule has 176 valence electrons. The Balaban J connectivity index is 1.18. The van der Waals surface area contributed by atoms with Gasteiger partial charge >= 0.3 is 0 Å². The minimum Gasteiger partial charge on any atom is -0.353 e. The molecular weight excluding hydrogens is 515 g/mol. The fourth-order valence-electron chi connectivity index (χ4n) is 4.79. The molecule has 7 heterocycles. The summed E-state index contributed by atoms with van der Waals surface area (Å²) in [5.41, 5.74) is 6.02. The van der Waals surface area contributed by atoms with Gasteiger partial charge in [-0.05, 0) is 72.1 Å². The first-order valence-corrected chi connectivity index (χ1v) is 14.3. The van der Waals surface area contributed by atoms with Crippen molar-refractivity contribution in [3.8, 4) is 41.6 Å². The van der Waals surface area contributed by atoms with Crippen LogP contribution in [0.4, 0.5) is 0 Å². The van der Waals surface area contributed by atoms with E-state index in [4.69, 9.17) is 4.98 Å². The number of benzene rings is 1.